The van der Waals surface area contributed by atoms with Gasteiger partial charge in [0.05, 0.1) is 48.4 Å². The van der Waals surface area contributed by atoms with Crippen LogP contribution in [0.5, 0.6) is 0 Å². The Labute approximate surface area is 305 Å². The molecule has 1 unspecified atom stereocenters. The van der Waals surface area contributed by atoms with E-state index in [1.165, 1.54) is 37.1 Å². The van der Waals surface area contributed by atoms with Crippen molar-refractivity contribution in [2.24, 2.45) is 7.05 Å². The van der Waals surface area contributed by atoms with E-state index in [4.69, 9.17) is 9.47 Å². The van der Waals surface area contributed by atoms with Gasteiger partial charge in [-0.2, -0.15) is 14.9 Å². The third-order valence-corrected chi connectivity index (χ3v) is 9.84. The van der Waals surface area contributed by atoms with Gasteiger partial charge >= 0.3 is 5.97 Å². The molecule has 7 rings (SSSR count). The Kier molecular flexibility index (Phi) is 9.55. The number of benzene rings is 1. The molecule has 0 amide bonds. The van der Waals surface area contributed by atoms with Crippen molar-refractivity contribution in [2.45, 2.75) is 58.7 Å². The summed E-state index contributed by atoms with van der Waals surface area (Å²) in [6.07, 6.45) is 4.65. The van der Waals surface area contributed by atoms with Crippen molar-refractivity contribution in [3.63, 3.8) is 0 Å². The first-order chi connectivity index (χ1) is 25.3. The van der Waals surface area contributed by atoms with Gasteiger partial charge in [0.15, 0.2) is 5.82 Å². The first-order valence-electron chi connectivity index (χ1n) is 17.5. The van der Waals surface area contributed by atoms with Crippen LogP contribution in [-0.2, 0) is 33.3 Å². The van der Waals surface area contributed by atoms with E-state index in [1.807, 2.05) is 32.9 Å². The van der Waals surface area contributed by atoms with E-state index in [1.54, 1.807) is 24.4 Å². The van der Waals surface area contributed by atoms with Crippen molar-refractivity contribution in [1.29, 1.82) is 0 Å². The van der Waals surface area contributed by atoms with Crippen molar-refractivity contribution in [3.05, 3.63) is 92.6 Å². The van der Waals surface area contributed by atoms with Crippen LogP contribution in [0.2, 0.25) is 0 Å². The summed E-state index contributed by atoms with van der Waals surface area (Å²) in [6.45, 7) is 13.4. The quantitative estimate of drug-likeness (QED) is 0.230. The van der Waals surface area contributed by atoms with Crippen LogP contribution in [0.3, 0.4) is 0 Å². The van der Waals surface area contributed by atoms with E-state index in [0.29, 0.717) is 34.5 Å². The van der Waals surface area contributed by atoms with Gasteiger partial charge in [0.2, 0.25) is 0 Å². The maximum Gasteiger partial charge on any atom is 0.302 e. The molecule has 1 atom stereocenters. The van der Waals surface area contributed by atoms with Crippen LogP contribution in [0.15, 0.2) is 64.6 Å². The summed E-state index contributed by atoms with van der Waals surface area (Å²) < 4.78 is 28.5. The molecule has 1 N–H and O–H groups in total. The van der Waals surface area contributed by atoms with E-state index in [0.717, 1.165) is 48.8 Å². The van der Waals surface area contributed by atoms with Gasteiger partial charge in [-0.15, -0.1) is 0 Å². The van der Waals surface area contributed by atoms with Gasteiger partial charge in [-0.1, -0.05) is 20.8 Å². The third-order valence-electron chi connectivity index (χ3n) is 9.84. The summed E-state index contributed by atoms with van der Waals surface area (Å²) in [5.74, 6) is -0.770. The highest BCUT2D eigenvalue weighted by Crippen LogP contribution is 2.30. The highest BCUT2D eigenvalue weighted by atomic mass is 19.1. The Bertz CT molecular complexity index is 2320. The molecule has 2 aliphatic heterocycles. The lowest BCUT2D eigenvalue weighted by molar-refractivity contribution is -0.142. The second-order valence-electron chi connectivity index (χ2n) is 14.6. The van der Waals surface area contributed by atoms with E-state index in [2.05, 4.69) is 42.2 Å². The van der Waals surface area contributed by atoms with Crippen LogP contribution in [-0.4, -0.2) is 85.3 Å². The number of carbonyl (C=O) groups is 1. The molecule has 2 aliphatic rings. The fourth-order valence-corrected chi connectivity index (χ4v) is 6.77. The number of anilines is 3. The number of aryl methyl sites for hydroxylation is 1. The molecule has 0 aliphatic carbocycles. The van der Waals surface area contributed by atoms with Crippen molar-refractivity contribution < 1.29 is 18.7 Å². The summed E-state index contributed by atoms with van der Waals surface area (Å²) in [5, 5.41) is 12.2. The lowest BCUT2D eigenvalue weighted by Gasteiger charge is -2.46. The van der Waals surface area contributed by atoms with Gasteiger partial charge in [-0.05, 0) is 54.3 Å². The van der Waals surface area contributed by atoms with Gasteiger partial charge in [-0.3, -0.25) is 19.3 Å². The average Bonchev–Trinajstić information content (AvgIpc) is 3.08. The Hall–Kier alpha value is -5.54. The van der Waals surface area contributed by atoms with Crippen LogP contribution >= 0.6 is 0 Å². The Morgan fingerprint density at radius 2 is 1.85 bits per heavy atom. The first kappa shape index (κ1) is 35.8. The summed E-state index contributed by atoms with van der Waals surface area (Å²) in [7, 11) is 1.52. The summed E-state index contributed by atoms with van der Waals surface area (Å²) in [4.78, 5) is 53.0. The Morgan fingerprint density at radius 3 is 2.51 bits per heavy atom. The monoisotopic (exact) mass is 723 g/mol. The maximum atomic E-state index is 15.5. The minimum atomic E-state index is -0.733. The van der Waals surface area contributed by atoms with Gasteiger partial charge < -0.3 is 19.7 Å². The largest absolute Gasteiger partial charge is 0.461 e. The van der Waals surface area contributed by atoms with E-state index < -0.39 is 22.9 Å². The summed E-state index contributed by atoms with van der Waals surface area (Å²) in [6, 6.07) is 10.9. The molecular weight excluding hydrogens is 681 g/mol. The average molecular weight is 724 g/mol. The highest BCUT2D eigenvalue weighted by molar-refractivity contribution is 5.83. The van der Waals surface area contributed by atoms with E-state index >= 15 is 4.39 Å². The maximum absolute atomic E-state index is 15.5. The van der Waals surface area contributed by atoms with Gasteiger partial charge in [0.1, 0.15) is 23.9 Å². The second kappa shape index (κ2) is 14.1. The van der Waals surface area contributed by atoms with E-state index in [-0.39, 0.29) is 34.5 Å². The number of rotatable bonds is 8. The zero-order valence-electron chi connectivity index (χ0n) is 30.6. The topological polar surface area (TPSA) is 150 Å². The van der Waals surface area contributed by atoms with Crippen LogP contribution in [0.1, 0.15) is 45.7 Å². The second-order valence-corrected chi connectivity index (χ2v) is 14.6. The van der Waals surface area contributed by atoms with Crippen molar-refractivity contribution >= 4 is 33.9 Å². The number of nitrogens with zero attached hydrogens (tertiary/aromatic N) is 8. The molecule has 2 saturated heterocycles. The minimum absolute atomic E-state index is 0.0217. The number of hydrogen-bond donors (Lipinski definition) is 1. The number of piperazine rings is 1. The summed E-state index contributed by atoms with van der Waals surface area (Å²) >= 11 is 0. The van der Waals surface area contributed by atoms with Gasteiger partial charge in [0.25, 0.3) is 11.1 Å². The Morgan fingerprint density at radius 1 is 1.06 bits per heavy atom. The lowest BCUT2D eigenvalue weighted by Crippen LogP contribution is -2.59. The van der Waals surface area contributed by atoms with Crippen LogP contribution in [0, 0.1) is 5.82 Å². The fraction of sp³-hybridized carbons (Fsp3) is 0.395. The van der Waals surface area contributed by atoms with Gasteiger partial charge in [-0.25, -0.2) is 19.0 Å². The number of ether oxygens (including phenoxy) is 2. The SMILES string of the molecule is CC(=O)OCc1c(-c2cc(Nc3ccc(N4CCN(C5COC5)CC4C)cn3)c(=O)n(C)n2)ccnc1-n1ncc2cc(C(C)(C)C)cc(F)c2c1=O. The predicted octanol–water partition coefficient (Wildman–Crippen LogP) is 4.09. The third kappa shape index (κ3) is 7.13. The molecule has 14 nitrogen and oxygen atoms in total. The zero-order chi connectivity index (χ0) is 37.6. The van der Waals surface area contributed by atoms with Crippen molar-refractivity contribution in [2.75, 3.05) is 43.1 Å². The molecule has 53 heavy (non-hydrogen) atoms. The first-order valence-corrected chi connectivity index (χ1v) is 17.5. The minimum Gasteiger partial charge on any atom is -0.461 e. The molecule has 0 radical (unpaired) electrons. The van der Waals surface area contributed by atoms with Crippen LogP contribution in [0.25, 0.3) is 27.8 Å². The van der Waals surface area contributed by atoms with Gasteiger partial charge in [0, 0.05) is 62.4 Å². The van der Waals surface area contributed by atoms with E-state index in [9.17, 15) is 14.4 Å². The Balaban J connectivity index is 1.22. The molecule has 0 spiro atoms. The standard InChI is InChI=1S/C38H42FN9O5/c1-22-18-46(27-19-52-20-27)11-12-47(22)26-7-8-33(41-17-26)43-32-15-31(44-45(6)36(32)50)28-9-10-40-35(29(28)21-53-23(2)49)48-37(51)34-24(16-42-48)13-25(14-30(34)39)38(3,4)5/h7-10,13-17,22,27H,11-12,18-21H2,1-6H3,(H,41,43). The lowest BCUT2D eigenvalue weighted by atomic mass is 9.86. The number of fused-ring (bicyclic) bond motifs is 1. The fourth-order valence-electron chi connectivity index (χ4n) is 6.77. The molecule has 4 aromatic heterocycles. The number of pyridine rings is 2. The molecule has 2 fully saturated rings. The smallest absolute Gasteiger partial charge is 0.302 e. The number of aromatic nitrogens is 6. The normalized spacial score (nSPS) is 16.8. The molecule has 15 heteroatoms. The molecule has 276 valence electrons. The molecule has 1 aromatic carbocycles. The predicted molar refractivity (Wildman–Crippen MR) is 198 cm³/mol. The highest BCUT2D eigenvalue weighted by Gasteiger charge is 2.32. The van der Waals surface area contributed by atoms with Crippen molar-refractivity contribution in [1.82, 2.24) is 34.4 Å². The number of hydrogen-bond acceptors (Lipinski definition) is 12. The molecular formula is C38H42FN9O5. The number of carbonyl (C=O) groups excluding carboxylic acids is 1. The van der Waals surface area contributed by atoms with Crippen LogP contribution in [0.4, 0.5) is 21.6 Å². The molecule has 0 saturated carbocycles. The zero-order valence-corrected chi connectivity index (χ0v) is 30.6. The molecule has 6 heterocycles. The van der Waals surface area contributed by atoms with Crippen LogP contribution < -0.4 is 21.3 Å². The number of nitrogens with one attached hydrogen (secondary N) is 1. The number of halogens is 1. The summed E-state index contributed by atoms with van der Waals surface area (Å²) in [5.41, 5.74) is 1.42. The molecule has 5 aromatic rings. The number of esters is 1. The van der Waals surface area contributed by atoms with Crippen molar-refractivity contribution in [3.8, 4) is 17.1 Å². The molecule has 0 bridgehead atoms.